The van der Waals surface area contributed by atoms with E-state index in [9.17, 15) is 4.79 Å². The van der Waals surface area contributed by atoms with Gasteiger partial charge in [-0.25, -0.2) is 0 Å². The third-order valence-electron chi connectivity index (χ3n) is 4.35. The van der Waals surface area contributed by atoms with E-state index >= 15 is 0 Å². The van der Waals surface area contributed by atoms with Gasteiger partial charge in [0.1, 0.15) is 0 Å². The second-order valence-electron chi connectivity index (χ2n) is 5.25. The van der Waals surface area contributed by atoms with Crippen molar-refractivity contribution >= 4 is 30.1 Å². The summed E-state index contributed by atoms with van der Waals surface area (Å²) in [6, 6.07) is 0.641. The molecule has 2 bridgehead atoms. The smallest absolute Gasteiger partial charge is 0.311 e. The molecule has 0 aromatic rings. The zero-order valence-corrected chi connectivity index (χ0v) is 11.1. The minimum atomic E-state index is -0.0709. The van der Waals surface area contributed by atoms with Crippen LogP contribution in [0.25, 0.3) is 0 Å². The van der Waals surface area contributed by atoms with Gasteiger partial charge in [-0.2, -0.15) is 11.8 Å². The molecule has 0 aromatic carbocycles. The minimum Gasteiger partial charge on any atom is -0.469 e. The lowest BCUT2D eigenvalue weighted by Gasteiger charge is -2.71. The van der Waals surface area contributed by atoms with E-state index in [1.165, 1.54) is 18.6 Å². The lowest BCUT2D eigenvalue weighted by molar-refractivity contribution is -0.233. The molecule has 1 aliphatic heterocycles. The van der Waals surface area contributed by atoms with Gasteiger partial charge in [0.25, 0.3) is 0 Å². The van der Waals surface area contributed by atoms with E-state index < -0.39 is 0 Å². The van der Waals surface area contributed by atoms with Gasteiger partial charge in [-0.05, 0) is 24.7 Å². The molecule has 16 heavy (non-hydrogen) atoms. The number of carbonyl (C=O) groups excluding carboxylic acids is 1. The van der Waals surface area contributed by atoms with E-state index in [-0.39, 0.29) is 23.8 Å². The van der Waals surface area contributed by atoms with Gasteiger partial charge >= 0.3 is 5.97 Å². The number of carbonyl (C=O) groups is 1. The molecule has 0 radical (unpaired) electrons. The lowest BCUT2D eigenvalue weighted by Crippen LogP contribution is -2.73. The van der Waals surface area contributed by atoms with Crippen LogP contribution in [0.1, 0.15) is 19.3 Å². The van der Waals surface area contributed by atoms with Crippen LogP contribution >= 0.6 is 24.2 Å². The number of esters is 1. The standard InChI is InChI=1S/C11H17NO2S.ClH/c1-14-9(13)11-5-10(6-11,7-11)8-4-15-3-2-12-8;/h8,12H,2-7H2,1H3;1H. The molecule has 5 heteroatoms. The molecule has 3 saturated carbocycles. The van der Waals surface area contributed by atoms with Crippen LogP contribution < -0.4 is 5.32 Å². The van der Waals surface area contributed by atoms with Crippen molar-refractivity contribution in [1.29, 1.82) is 0 Å². The van der Waals surface area contributed by atoms with Crippen molar-refractivity contribution in [3.05, 3.63) is 0 Å². The summed E-state index contributed by atoms with van der Waals surface area (Å²) < 4.78 is 4.86. The molecule has 4 fully saturated rings. The van der Waals surface area contributed by atoms with Gasteiger partial charge in [-0.15, -0.1) is 12.4 Å². The van der Waals surface area contributed by atoms with Crippen LogP contribution in [0.2, 0.25) is 0 Å². The van der Waals surface area contributed by atoms with Crippen molar-refractivity contribution in [2.45, 2.75) is 25.3 Å². The highest BCUT2D eigenvalue weighted by Crippen LogP contribution is 2.75. The summed E-state index contributed by atoms with van der Waals surface area (Å²) in [7, 11) is 1.50. The maximum atomic E-state index is 11.5. The first-order chi connectivity index (χ1) is 7.21. The van der Waals surface area contributed by atoms with Crippen LogP contribution in [0.4, 0.5) is 0 Å². The molecular formula is C11H18ClNO2S. The fraction of sp³-hybridized carbons (Fsp3) is 0.909. The number of ether oxygens (including phenoxy) is 1. The topological polar surface area (TPSA) is 38.3 Å². The molecule has 0 amide bonds. The van der Waals surface area contributed by atoms with Crippen molar-refractivity contribution in [3.8, 4) is 0 Å². The summed E-state index contributed by atoms with van der Waals surface area (Å²) in [5, 5.41) is 3.60. The Balaban J connectivity index is 0.000000963. The first-order valence-electron chi connectivity index (χ1n) is 5.60. The molecule has 1 unspecified atom stereocenters. The quantitative estimate of drug-likeness (QED) is 0.766. The Labute approximate surface area is 106 Å². The highest BCUT2D eigenvalue weighted by molar-refractivity contribution is 7.99. The predicted octanol–water partition coefficient (Wildman–Crippen LogP) is 1.46. The van der Waals surface area contributed by atoms with Gasteiger partial charge in [-0.1, -0.05) is 0 Å². The van der Waals surface area contributed by atoms with Gasteiger partial charge < -0.3 is 10.1 Å². The monoisotopic (exact) mass is 263 g/mol. The Morgan fingerprint density at radius 1 is 1.44 bits per heavy atom. The molecule has 4 rings (SSSR count). The molecule has 1 N–H and O–H groups in total. The van der Waals surface area contributed by atoms with Crippen LogP contribution in [0.5, 0.6) is 0 Å². The molecule has 0 spiro atoms. The SMILES string of the molecule is COC(=O)C12CC(C3CSCCN3)(C1)C2.Cl. The van der Waals surface area contributed by atoms with E-state index in [0.29, 0.717) is 11.5 Å². The van der Waals surface area contributed by atoms with E-state index in [2.05, 4.69) is 5.32 Å². The van der Waals surface area contributed by atoms with Gasteiger partial charge in [0.15, 0.2) is 0 Å². The summed E-state index contributed by atoms with van der Waals surface area (Å²) in [5.41, 5.74) is 0.375. The molecule has 4 aliphatic rings. The van der Waals surface area contributed by atoms with Gasteiger partial charge in [0.2, 0.25) is 0 Å². The van der Waals surface area contributed by atoms with Crippen molar-refractivity contribution in [2.75, 3.05) is 25.2 Å². The molecule has 1 heterocycles. The van der Waals surface area contributed by atoms with Crippen molar-refractivity contribution in [3.63, 3.8) is 0 Å². The first kappa shape index (κ1) is 12.5. The number of thioether (sulfide) groups is 1. The van der Waals surface area contributed by atoms with Gasteiger partial charge in [0.05, 0.1) is 12.5 Å². The molecule has 3 nitrogen and oxygen atoms in total. The molecule has 3 aliphatic carbocycles. The highest BCUT2D eigenvalue weighted by Gasteiger charge is 2.74. The summed E-state index contributed by atoms with van der Waals surface area (Å²) in [5.74, 6) is 2.47. The average Bonchev–Trinajstić information content (AvgIpc) is 2.15. The molecular weight excluding hydrogens is 246 g/mol. The molecule has 1 saturated heterocycles. The maximum absolute atomic E-state index is 11.5. The second kappa shape index (κ2) is 4.07. The van der Waals surface area contributed by atoms with Crippen LogP contribution in [-0.4, -0.2) is 37.2 Å². The van der Waals surface area contributed by atoms with E-state index in [4.69, 9.17) is 4.74 Å². The van der Waals surface area contributed by atoms with Crippen LogP contribution in [-0.2, 0) is 9.53 Å². The number of rotatable bonds is 2. The van der Waals surface area contributed by atoms with Crippen molar-refractivity contribution in [2.24, 2.45) is 10.8 Å². The zero-order valence-electron chi connectivity index (χ0n) is 9.45. The zero-order chi connectivity index (χ0) is 10.5. The normalized spacial score (nSPS) is 44.7. The average molecular weight is 264 g/mol. The fourth-order valence-electron chi connectivity index (χ4n) is 3.63. The third-order valence-corrected chi connectivity index (χ3v) is 5.41. The number of nitrogens with one attached hydrogen (secondary N) is 1. The highest BCUT2D eigenvalue weighted by atomic mass is 35.5. The van der Waals surface area contributed by atoms with E-state index in [1.807, 2.05) is 11.8 Å². The largest absolute Gasteiger partial charge is 0.469 e. The summed E-state index contributed by atoms with van der Waals surface area (Å²) in [6.07, 6.45) is 3.18. The number of halogens is 1. The first-order valence-corrected chi connectivity index (χ1v) is 6.76. The van der Waals surface area contributed by atoms with Crippen LogP contribution in [0, 0.1) is 10.8 Å². The fourth-order valence-corrected chi connectivity index (χ4v) is 4.76. The molecule has 0 aromatic heterocycles. The Kier molecular flexibility index (Phi) is 3.19. The summed E-state index contributed by atoms with van der Waals surface area (Å²) in [6.45, 7) is 1.13. The summed E-state index contributed by atoms with van der Waals surface area (Å²) in [4.78, 5) is 11.5. The number of hydrogen-bond acceptors (Lipinski definition) is 4. The third kappa shape index (κ3) is 1.50. The van der Waals surface area contributed by atoms with Gasteiger partial charge in [-0.3, -0.25) is 4.79 Å². The lowest BCUT2D eigenvalue weighted by atomic mass is 9.33. The predicted molar refractivity (Wildman–Crippen MR) is 67.1 cm³/mol. The van der Waals surface area contributed by atoms with Crippen LogP contribution in [0.15, 0.2) is 0 Å². The Morgan fingerprint density at radius 3 is 2.62 bits per heavy atom. The second-order valence-corrected chi connectivity index (χ2v) is 6.40. The van der Waals surface area contributed by atoms with Crippen molar-refractivity contribution < 1.29 is 9.53 Å². The molecule has 92 valence electrons. The summed E-state index contributed by atoms with van der Waals surface area (Å²) >= 11 is 2.04. The van der Waals surface area contributed by atoms with E-state index in [1.54, 1.807) is 0 Å². The van der Waals surface area contributed by atoms with Crippen molar-refractivity contribution in [1.82, 2.24) is 5.32 Å². The number of methoxy groups -OCH3 is 1. The van der Waals surface area contributed by atoms with E-state index in [0.717, 1.165) is 25.8 Å². The Bertz CT molecular complexity index is 285. The van der Waals surface area contributed by atoms with Gasteiger partial charge in [0, 0.05) is 24.1 Å². The maximum Gasteiger partial charge on any atom is 0.311 e. The minimum absolute atomic E-state index is 0. The number of hydrogen-bond donors (Lipinski definition) is 1. The Morgan fingerprint density at radius 2 is 2.12 bits per heavy atom. The van der Waals surface area contributed by atoms with Crippen LogP contribution in [0.3, 0.4) is 0 Å². The molecule has 1 atom stereocenters. The Hall–Kier alpha value is 0.0700.